The van der Waals surface area contributed by atoms with Gasteiger partial charge in [0, 0.05) is 15.9 Å². The highest BCUT2D eigenvalue weighted by Crippen LogP contribution is 2.40. The van der Waals surface area contributed by atoms with Crippen molar-refractivity contribution in [1.82, 2.24) is 0 Å². The summed E-state index contributed by atoms with van der Waals surface area (Å²) in [6.07, 6.45) is 0.815. The molecule has 0 saturated heterocycles. The predicted molar refractivity (Wildman–Crippen MR) is 115 cm³/mol. The third-order valence-corrected chi connectivity index (χ3v) is 5.61. The van der Waals surface area contributed by atoms with Gasteiger partial charge in [0.2, 0.25) is 0 Å². The smallest absolute Gasteiger partial charge is 0.118 e. The second-order valence-electron chi connectivity index (χ2n) is 6.34. The molecule has 0 unspecified atom stereocenters. The largest absolute Gasteiger partial charge is 0.497 e. The fourth-order valence-electron chi connectivity index (χ4n) is 3.27. The van der Waals surface area contributed by atoms with Crippen molar-refractivity contribution < 1.29 is 4.74 Å². The van der Waals surface area contributed by atoms with Gasteiger partial charge in [0.05, 0.1) is 24.6 Å². The molecule has 0 saturated carbocycles. The number of anilines is 1. The Labute approximate surface area is 172 Å². The van der Waals surface area contributed by atoms with Gasteiger partial charge < -0.3 is 4.74 Å². The molecule has 5 heteroatoms. The molecule has 0 aromatic heterocycles. The molecule has 0 fully saturated rings. The zero-order chi connectivity index (χ0) is 18.8. The molecule has 0 bridgehead atoms. The average Bonchev–Trinajstić information content (AvgIpc) is 3.14. The van der Waals surface area contributed by atoms with Crippen molar-refractivity contribution in [1.29, 1.82) is 0 Å². The van der Waals surface area contributed by atoms with Gasteiger partial charge in [-0.15, -0.1) is 0 Å². The number of hydrogen-bond acceptors (Lipinski definition) is 3. The van der Waals surface area contributed by atoms with E-state index >= 15 is 0 Å². The standard InChI is InChI=1S/C22H18BrClN2O/c1-27-18-12-8-16(9-13-18)22-14-20(15-6-10-17(24)11-7-15)25-26(22)21-5-3-2-4-19(21)23/h2-13,22H,14H2,1H3/t22-/m0/s1. The Bertz CT molecular complexity index is 970. The molecule has 4 rings (SSSR count). The molecule has 0 radical (unpaired) electrons. The van der Waals surface area contributed by atoms with Crippen LogP contribution in [-0.2, 0) is 0 Å². The van der Waals surface area contributed by atoms with Gasteiger partial charge in [-0.1, -0.05) is 48.0 Å². The number of ether oxygens (including phenoxy) is 1. The highest BCUT2D eigenvalue weighted by Gasteiger charge is 2.30. The van der Waals surface area contributed by atoms with Crippen molar-refractivity contribution in [3.8, 4) is 5.75 Å². The first kappa shape index (κ1) is 18.1. The molecule has 3 aromatic rings. The van der Waals surface area contributed by atoms with Crippen LogP contribution in [0.2, 0.25) is 5.02 Å². The highest BCUT2D eigenvalue weighted by molar-refractivity contribution is 9.10. The van der Waals surface area contributed by atoms with E-state index in [0.29, 0.717) is 0 Å². The van der Waals surface area contributed by atoms with Crippen LogP contribution in [0.5, 0.6) is 5.75 Å². The Balaban J connectivity index is 1.75. The molecule has 1 aliphatic heterocycles. The first-order chi connectivity index (χ1) is 13.2. The molecule has 3 aromatic carbocycles. The Morgan fingerprint density at radius 2 is 1.70 bits per heavy atom. The molecule has 0 aliphatic carbocycles. The van der Waals surface area contributed by atoms with Gasteiger partial charge in [-0.2, -0.15) is 5.10 Å². The van der Waals surface area contributed by atoms with E-state index in [-0.39, 0.29) is 6.04 Å². The summed E-state index contributed by atoms with van der Waals surface area (Å²) in [6.45, 7) is 0. The van der Waals surface area contributed by atoms with Gasteiger partial charge in [0.1, 0.15) is 5.75 Å². The summed E-state index contributed by atoms with van der Waals surface area (Å²) in [5.74, 6) is 0.850. The predicted octanol–water partition coefficient (Wildman–Crippen LogP) is 6.47. The zero-order valence-electron chi connectivity index (χ0n) is 14.8. The molecule has 136 valence electrons. The quantitative estimate of drug-likeness (QED) is 0.464. The Hall–Kier alpha value is -2.30. The van der Waals surface area contributed by atoms with E-state index in [1.54, 1.807) is 7.11 Å². The zero-order valence-corrected chi connectivity index (χ0v) is 17.1. The van der Waals surface area contributed by atoms with E-state index in [1.165, 1.54) is 5.56 Å². The Morgan fingerprint density at radius 3 is 2.37 bits per heavy atom. The van der Waals surface area contributed by atoms with Crippen LogP contribution in [0.25, 0.3) is 0 Å². The number of hydrazone groups is 1. The monoisotopic (exact) mass is 440 g/mol. The fraction of sp³-hybridized carbons (Fsp3) is 0.136. The summed E-state index contributed by atoms with van der Waals surface area (Å²) < 4.78 is 6.32. The maximum absolute atomic E-state index is 6.05. The molecular formula is C22H18BrClN2O. The lowest BCUT2D eigenvalue weighted by Gasteiger charge is -2.25. The Morgan fingerprint density at radius 1 is 1.00 bits per heavy atom. The van der Waals surface area contributed by atoms with E-state index < -0.39 is 0 Å². The lowest BCUT2D eigenvalue weighted by atomic mass is 9.98. The third kappa shape index (κ3) is 3.73. The van der Waals surface area contributed by atoms with Crippen LogP contribution in [0.1, 0.15) is 23.6 Å². The van der Waals surface area contributed by atoms with Crippen LogP contribution < -0.4 is 9.75 Å². The minimum atomic E-state index is 0.111. The number of hydrogen-bond donors (Lipinski definition) is 0. The number of benzene rings is 3. The minimum absolute atomic E-state index is 0.111. The van der Waals surface area contributed by atoms with Crippen LogP contribution >= 0.6 is 27.5 Å². The summed E-state index contributed by atoms with van der Waals surface area (Å²) in [5, 5.41) is 7.79. The van der Waals surface area contributed by atoms with E-state index in [1.807, 2.05) is 54.6 Å². The first-order valence-corrected chi connectivity index (χ1v) is 9.84. The van der Waals surface area contributed by atoms with Gasteiger partial charge in [-0.25, -0.2) is 0 Å². The Kier molecular flexibility index (Phi) is 5.19. The van der Waals surface area contributed by atoms with Gasteiger partial charge in [0.15, 0.2) is 0 Å². The van der Waals surface area contributed by atoms with E-state index in [2.05, 4.69) is 39.1 Å². The molecule has 1 atom stereocenters. The summed E-state index contributed by atoms with van der Waals surface area (Å²) in [4.78, 5) is 0. The van der Waals surface area contributed by atoms with Crippen molar-refractivity contribution in [2.45, 2.75) is 12.5 Å². The molecule has 27 heavy (non-hydrogen) atoms. The fourth-order valence-corrected chi connectivity index (χ4v) is 3.86. The maximum Gasteiger partial charge on any atom is 0.118 e. The summed E-state index contributed by atoms with van der Waals surface area (Å²) in [7, 11) is 1.68. The van der Waals surface area contributed by atoms with Crippen molar-refractivity contribution >= 4 is 38.9 Å². The molecule has 0 spiro atoms. The first-order valence-electron chi connectivity index (χ1n) is 8.67. The summed E-state index contributed by atoms with van der Waals surface area (Å²) in [5.41, 5.74) is 4.37. The van der Waals surface area contributed by atoms with Gasteiger partial charge in [-0.05, 0) is 63.5 Å². The molecule has 3 nitrogen and oxygen atoms in total. The van der Waals surface area contributed by atoms with E-state index in [9.17, 15) is 0 Å². The molecular weight excluding hydrogens is 424 g/mol. The van der Waals surface area contributed by atoms with Crippen molar-refractivity contribution in [2.24, 2.45) is 5.10 Å². The van der Waals surface area contributed by atoms with Gasteiger partial charge in [-0.3, -0.25) is 5.01 Å². The average molecular weight is 442 g/mol. The second kappa shape index (κ2) is 7.75. The maximum atomic E-state index is 6.05. The summed E-state index contributed by atoms with van der Waals surface area (Å²) in [6, 6.07) is 24.3. The third-order valence-electron chi connectivity index (χ3n) is 4.69. The second-order valence-corrected chi connectivity index (χ2v) is 7.63. The lowest BCUT2D eigenvalue weighted by molar-refractivity contribution is 0.414. The molecule has 0 N–H and O–H groups in total. The van der Waals surface area contributed by atoms with Crippen LogP contribution in [0.15, 0.2) is 82.4 Å². The number of rotatable bonds is 4. The van der Waals surface area contributed by atoms with E-state index in [4.69, 9.17) is 21.4 Å². The van der Waals surface area contributed by atoms with Crippen LogP contribution in [-0.4, -0.2) is 12.8 Å². The van der Waals surface area contributed by atoms with Crippen molar-refractivity contribution in [3.63, 3.8) is 0 Å². The molecule has 1 aliphatic rings. The summed E-state index contributed by atoms with van der Waals surface area (Å²) >= 11 is 9.71. The SMILES string of the molecule is COc1ccc([C@@H]2CC(c3ccc(Cl)cc3)=NN2c2ccccc2Br)cc1. The van der Waals surface area contributed by atoms with E-state index in [0.717, 1.165) is 38.6 Å². The lowest BCUT2D eigenvalue weighted by Crippen LogP contribution is -2.18. The number of para-hydroxylation sites is 1. The minimum Gasteiger partial charge on any atom is -0.497 e. The van der Waals surface area contributed by atoms with Gasteiger partial charge in [0.25, 0.3) is 0 Å². The number of nitrogens with zero attached hydrogens (tertiary/aromatic N) is 2. The molecule has 0 amide bonds. The highest BCUT2D eigenvalue weighted by atomic mass is 79.9. The normalized spacial score (nSPS) is 16.3. The van der Waals surface area contributed by atoms with Crippen LogP contribution in [0.4, 0.5) is 5.69 Å². The molecule has 1 heterocycles. The van der Waals surface area contributed by atoms with Crippen molar-refractivity contribution in [2.75, 3.05) is 12.1 Å². The van der Waals surface area contributed by atoms with Crippen molar-refractivity contribution in [3.05, 3.63) is 93.4 Å². The number of methoxy groups -OCH3 is 1. The number of halogens is 2. The van der Waals surface area contributed by atoms with Gasteiger partial charge >= 0.3 is 0 Å². The topological polar surface area (TPSA) is 24.8 Å². The van der Waals surface area contributed by atoms with Crippen LogP contribution in [0.3, 0.4) is 0 Å². The van der Waals surface area contributed by atoms with Crippen LogP contribution in [0, 0.1) is 0 Å².